The molecule has 0 bridgehead atoms. The largest absolute Gasteiger partial charge is 0.394 e. The third-order valence-electron chi connectivity index (χ3n) is 4.22. The summed E-state index contributed by atoms with van der Waals surface area (Å²) in [7, 11) is 0. The van der Waals surface area contributed by atoms with Gasteiger partial charge in [0.25, 0.3) is 0 Å². The van der Waals surface area contributed by atoms with E-state index in [1.54, 1.807) is 0 Å². The minimum atomic E-state index is -1.39. The summed E-state index contributed by atoms with van der Waals surface area (Å²) >= 11 is 0. The minimum absolute atomic E-state index is 0.304. The fourth-order valence-electron chi connectivity index (χ4n) is 2.99. The van der Waals surface area contributed by atoms with Gasteiger partial charge < -0.3 is 40.7 Å². The first-order chi connectivity index (χ1) is 9.45. The van der Waals surface area contributed by atoms with Gasteiger partial charge in [0.2, 0.25) is 0 Å². The second-order valence-corrected chi connectivity index (χ2v) is 5.55. The molecule has 8 heteroatoms. The fourth-order valence-corrected chi connectivity index (χ4v) is 2.99. The lowest BCUT2D eigenvalue weighted by Crippen LogP contribution is -2.39. The Balaban J connectivity index is 1.92. The zero-order valence-corrected chi connectivity index (χ0v) is 11.0. The van der Waals surface area contributed by atoms with Gasteiger partial charge in [-0.05, 0) is 12.8 Å². The molecule has 0 unspecified atom stereocenters. The molecule has 2 rings (SSSR count). The van der Waals surface area contributed by atoms with Crippen LogP contribution < -0.4 is 5.32 Å². The van der Waals surface area contributed by atoms with Gasteiger partial charge in [-0.1, -0.05) is 0 Å². The average molecular weight is 293 g/mol. The van der Waals surface area contributed by atoms with Gasteiger partial charge in [0.05, 0.1) is 24.9 Å². The number of nitrogens with one attached hydrogen (secondary N) is 1. The van der Waals surface area contributed by atoms with E-state index in [4.69, 9.17) is 9.84 Å². The first-order valence-corrected chi connectivity index (χ1v) is 6.85. The highest BCUT2D eigenvalue weighted by Crippen LogP contribution is 2.32. The van der Waals surface area contributed by atoms with E-state index in [2.05, 4.69) is 5.32 Å². The van der Waals surface area contributed by atoms with E-state index >= 15 is 0 Å². The third kappa shape index (κ3) is 3.12. The molecule has 2 saturated heterocycles. The molecule has 8 nitrogen and oxygen atoms in total. The summed E-state index contributed by atoms with van der Waals surface area (Å²) in [5, 5.41) is 60.1. The molecular formula is C12H23NO7. The van der Waals surface area contributed by atoms with Gasteiger partial charge in [0.15, 0.2) is 6.29 Å². The second-order valence-electron chi connectivity index (χ2n) is 5.55. The van der Waals surface area contributed by atoms with E-state index in [0.29, 0.717) is 19.4 Å². The summed E-state index contributed by atoms with van der Waals surface area (Å²) in [6.45, 7) is -0.218. The van der Waals surface area contributed by atoms with Crippen molar-refractivity contribution >= 4 is 0 Å². The first-order valence-electron chi connectivity index (χ1n) is 6.85. The number of aliphatic hydroxyl groups is 6. The van der Waals surface area contributed by atoms with E-state index in [9.17, 15) is 25.5 Å². The predicted octanol–water partition coefficient (Wildman–Crippen LogP) is -3.49. The molecule has 0 saturated carbocycles. The molecule has 2 heterocycles. The lowest BCUT2D eigenvalue weighted by atomic mass is 9.88. The maximum atomic E-state index is 9.86. The highest BCUT2D eigenvalue weighted by atomic mass is 16.6. The molecule has 0 amide bonds. The Morgan fingerprint density at radius 2 is 1.80 bits per heavy atom. The molecule has 0 spiro atoms. The quantitative estimate of drug-likeness (QED) is 0.277. The molecule has 2 fully saturated rings. The maximum absolute atomic E-state index is 9.86. The predicted molar refractivity (Wildman–Crippen MR) is 66.5 cm³/mol. The summed E-state index contributed by atoms with van der Waals surface area (Å²) in [6.07, 6.45) is -5.43. The Hall–Kier alpha value is -0.320. The third-order valence-corrected chi connectivity index (χ3v) is 4.22. The SMILES string of the molecule is OC[C@@H](O)[C@@H]1O[C@@H](O)[C@H](O)[C@H]1CC[C@@H]1NC[C@H](O)[C@@H]1O. The highest BCUT2D eigenvalue weighted by molar-refractivity contribution is 4.94. The second kappa shape index (κ2) is 6.63. The Bertz CT molecular complexity index is 318. The van der Waals surface area contributed by atoms with Gasteiger partial charge >= 0.3 is 0 Å². The number of aliphatic hydroxyl groups excluding tert-OH is 6. The van der Waals surface area contributed by atoms with E-state index in [-0.39, 0.29) is 6.04 Å². The van der Waals surface area contributed by atoms with Gasteiger partial charge in [-0.2, -0.15) is 0 Å². The highest BCUT2D eigenvalue weighted by Gasteiger charge is 2.46. The van der Waals surface area contributed by atoms with Crippen molar-refractivity contribution in [2.75, 3.05) is 13.2 Å². The molecule has 20 heavy (non-hydrogen) atoms. The van der Waals surface area contributed by atoms with Crippen LogP contribution in [0.4, 0.5) is 0 Å². The lowest BCUT2D eigenvalue weighted by molar-refractivity contribution is -0.149. The number of β-amino-alcohol motifs (C(OH)–C–C–N with tert-alkyl or cyclic N) is 1. The molecule has 0 aromatic heterocycles. The summed E-state index contributed by atoms with van der Waals surface area (Å²) in [6, 6.07) is -0.304. The summed E-state index contributed by atoms with van der Waals surface area (Å²) in [4.78, 5) is 0. The number of rotatable bonds is 5. The van der Waals surface area contributed by atoms with Crippen LogP contribution in [0.1, 0.15) is 12.8 Å². The smallest absolute Gasteiger partial charge is 0.181 e. The van der Waals surface area contributed by atoms with E-state index in [1.807, 2.05) is 0 Å². The van der Waals surface area contributed by atoms with Gasteiger partial charge in [-0.25, -0.2) is 0 Å². The van der Waals surface area contributed by atoms with Crippen molar-refractivity contribution in [3.8, 4) is 0 Å². The van der Waals surface area contributed by atoms with Crippen LogP contribution in [-0.4, -0.2) is 86.6 Å². The van der Waals surface area contributed by atoms with Crippen LogP contribution in [0, 0.1) is 5.92 Å². The summed E-state index contributed by atoms with van der Waals surface area (Å²) in [5.41, 5.74) is 0. The minimum Gasteiger partial charge on any atom is -0.394 e. The van der Waals surface area contributed by atoms with E-state index in [1.165, 1.54) is 0 Å². The summed E-state index contributed by atoms with van der Waals surface area (Å²) < 4.78 is 5.07. The molecule has 0 radical (unpaired) electrons. The molecule has 7 N–H and O–H groups in total. The molecular weight excluding hydrogens is 270 g/mol. The molecule has 0 aliphatic carbocycles. The standard InChI is InChI=1S/C12H23NO7/c14-4-8(16)11-5(9(17)12(19)20-11)1-2-6-10(18)7(15)3-13-6/h5-19H,1-4H2/t5-,6+,7+,8-,9-,10-,11-,12-/m1/s1. The van der Waals surface area contributed by atoms with Crippen LogP contribution in [0.25, 0.3) is 0 Å². The van der Waals surface area contributed by atoms with Crippen molar-refractivity contribution < 1.29 is 35.4 Å². The van der Waals surface area contributed by atoms with Crippen molar-refractivity contribution in [1.29, 1.82) is 0 Å². The van der Waals surface area contributed by atoms with Crippen molar-refractivity contribution in [3.63, 3.8) is 0 Å². The molecule has 0 aromatic carbocycles. The average Bonchev–Trinajstić information content (AvgIpc) is 2.90. The molecule has 2 aliphatic heterocycles. The fraction of sp³-hybridized carbons (Fsp3) is 1.00. The van der Waals surface area contributed by atoms with Gasteiger partial charge in [-0.3, -0.25) is 0 Å². The molecule has 0 aromatic rings. The lowest BCUT2D eigenvalue weighted by Gasteiger charge is -2.25. The van der Waals surface area contributed by atoms with Crippen LogP contribution >= 0.6 is 0 Å². The Kier molecular flexibility index (Phi) is 5.32. The van der Waals surface area contributed by atoms with Crippen LogP contribution in [0.2, 0.25) is 0 Å². The topological polar surface area (TPSA) is 143 Å². The Morgan fingerprint density at radius 1 is 1.10 bits per heavy atom. The van der Waals surface area contributed by atoms with Crippen molar-refractivity contribution in [3.05, 3.63) is 0 Å². The van der Waals surface area contributed by atoms with Crippen molar-refractivity contribution in [2.24, 2.45) is 5.92 Å². The van der Waals surface area contributed by atoms with Crippen LogP contribution in [0.5, 0.6) is 0 Å². The van der Waals surface area contributed by atoms with Crippen molar-refractivity contribution in [2.45, 2.75) is 55.7 Å². The van der Waals surface area contributed by atoms with Crippen molar-refractivity contribution in [1.82, 2.24) is 5.32 Å². The van der Waals surface area contributed by atoms with Gasteiger partial charge in [0.1, 0.15) is 12.2 Å². The van der Waals surface area contributed by atoms with E-state index < -0.39 is 49.3 Å². The zero-order valence-electron chi connectivity index (χ0n) is 11.0. The maximum Gasteiger partial charge on any atom is 0.181 e. The normalized spacial score (nSPS) is 46.8. The summed E-state index contributed by atoms with van der Waals surface area (Å²) in [5.74, 6) is -0.543. The van der Waals surface area contributed by atoms with Gasteiger partial charge in [0, 0.05) is 18.5 Å². The van der Waals surface area contributed by atoms with Crippen LogP contribution in [-0.2, 0) is 4.74 Å². The van der Waals surface area contributed by atoms with Crippen LogP contribution in [0.15, 0.2) is 0 Å². The number of hydrogen-bond acceptors (Lipinski definition) is 8. The number of ether oxygens (including phenoxy) is 1. The van der Waals surface area contributed by atoms with Crippen LogP contribution in [0.3, 0.4) is 0 Å². The molecule has 118 valence electrons. The molecule has 8 atom stereocenters. The zero-order chi connectivity index (χ0) is 14.9. The number of hydrogen-bond donors (Lipinski definition) is 7. The Labute approximate surface area is 116 Å². The first kappa shape index (κ1) is 16.1. The Morgan fingerprint density at radius 3 is 2.35 bits per heavy atom. The molecule has 2 aliphatic rings. The van der Waals surface area contributed by atoms with E-state index in [0.717, 1.165) is 0 Å². The monoisotopic (exact) mass is 293 g/mol. The van der Waals surface area contributed by atoms with Gasteiger partial charge in [-0.15, -0.1) is 0 Å².